The highest BCUT2D eigenvalue weighted by Gasteiger charge is 2.16. The number of amides is 1. The van der Waals surface area contributed by atoms with Crippen LogP contribution in [0.5, 0.6) is 0 Å². The zero-order chi connectivity index (χ0) is 19.6. The molecule has 0 aliphatic carbocycles. The van der Waals surface area contributed by atoms with Crippen LogP contribution in [0.3, 0.4) is 0 Å². The summed E-state index contributed by atoms with van der Waals surface area (Å²) in [5, 5.41) is 4.95. The van der Waals surface area contributed by atoms with E-state index in [0.717, 1.165) is 11.1 Å². The van der Waals surface area contributed by atoms with E-state index in [-0.39, 0.29) is 12.3 Å². The molecule has 0 atom stereocenters. The van der Waals surface area contributed by atoms with E-state index in [9.17, 15) is 9.59 Å². The molecule has 0 saturated carbocycles. The highest BCUT2D eigenvalue weighted by molar-refractivity contribution is 6.40. The summed E-state index contributed by atoms with van der Waals surface area (Å²) in [6, 6.07) is 14.2. The van der Waals surface area contributed by atoms with Gasteiger partial charge >= 0.3 is 5.97 Å². The van der Waals surface area contributed by atoms with Crippen molar-refractivity contribution in [3.8, 4) is 0 Å². The van der Waals surface area contributed by atoms with Crippen LogP contribution in [0.15, 0.2) is 48.5 Å². The van der Waals surface area contributed by atoms with Crippen molar-refractivity contribution in [2.45, 2.75) is 13.3 Å². The Labute approximate surface area is 167 Å². The van der Waals surface area contributed by atoms with Crippen molar-refractivity contribution in [3.63, 3.8) is 0 Å². The first kappa shape index (κ1) is 19.2. The lowest BCUT2D eigenvalue weighted by atomic mass is 10.0. The van der Waals surface area contributed by atoms with E-state index in [4.69, 9.17) is 27.9 Å². The Morgan fingerprint density at radius 3 is 2.52 bits per heavy atom. The minimum absolute atomic E-state index is 0.210. The van der Waals surface area contributed by atoms with Gasteiger partial charge in [0.1, 0.15) is 0 Å². The summed E-state index contributed by atoms with van der Waals surface area (Å²) >= 11 is 12.4. The highest BCUT2D eigenvalue weighted by atomic mass is 35.5. The molecule has 0 saturated heterocycles. The predicted octanol–water partition coefficient (Wildman–Crippen LogP) is 5.42. The number of anilines is 1. The smallest absolute Gasteiger partial charge is 0.337 e. The Kier molecular flexibility index (Phi) is 5.68. The first-order chi connectivity index (χ1) is 12.9. The predicted molar refractivity (Wildman–Crippen MR) is 109 cm³/mol. The van der Waals surface area contributed by atoms with E-state index < -0.39 is 5.97 Å². The van der Waals surface area contributed by atoms with Crippen molar-refractivity contribution in [3.05, 3.63) is 75.3 Å². The minimum atomic E-state index is -0.512. The topological polar surface area (TPSA) is 55.4 Å². The third-order valence-corrected chi connectivity index (χ3v) is 4.79. The van der Waals surface area contributed by atoms with Gasteiger partial charge in [-0.1, -0.05) is 47.5 Å². The molecule has 6 heteroatoms. The van der Waals surface area contributed by atoms with Crippen molar-refractivity contribution in [2.24, 2.45) is 0 Å². The van der Waals surface area contributed by atoms with Gasteiger partial charge in [-0.25, -0.2) is 4.79 Å². The molecule has 0 heterocycles. The van der Waals surface area contributed by atoms with Gasteiger partial charge in [0.25, 0.3) is 0 Å². The summed E-state index contributed by atoms with van der Waals surface area (Å²) in [5.41, 5.74) is 2.70. The lowest BCUT2D eigenvalue weighted by molar-refractivity contribution is -0.115. The zero-order valence-electron chi connectivity index (χ0n) is 14.8. The Morgan fingerprint density at radius 1 is 1.07 bits per heavy atom. The maximum atomic E-state index is 12.6. The lowest BCUT2D eigenvalue weighted by Gasteiger charge is -2.13. The number of carbonyl (C=O) groups excluding carboxylic acids is 2. The number of fused-ring (bicyclic) bond motifs is 1. The number of nitrogens with one attached hydrogen (secondary N) is 1. The highest BCUT2D eigenvalue weighted by Crippen LogP contribution is 2.35. The first-order valence-corrected chi connectivity index (χ1v) is 9.00. The monoisotopic (exact) mass is 401 g/mol. The minimum Gasteiger partial charge on any atom is -0.465 e. The molecule has 4 nitrogen and oxygen atoms in total. The molecule has 0 spiro atoms. The van der Waals surface area contributed by atoms with Crippen LogP contribution in [-0.2, 0) is 16.0 Å². The standard InChI is InChI=1S/C21H17Cl2NO3/c1-12-5-3-4-6-13(12)10-19(25)24-18-9-15(21(26)27-2)7-14-8-16(22)11-17(23)20(14)18/h3-9,11H,10H2,1-2H3,(H,24,25). The molecule has 0 aliphatic rings. The largest absolute Gasteiger partial charge is 0.465 e. The van der Waals surface area contributed by atoms with E-state index in [1.54, 1.807) is 24.3 Å². The van der Waals surface area contributed by atoms with Crippen LogP contribution in [0.1, 0.15) is 21.5 Å². The molecular formula is C21H17Cl2NO3. The Morgan fingerprint density at radius 2 is 1.81 bits per heavy atom. The molecule has 27 heavy (non-hydrogen) atoms. The lowest BCUT2D eigenvalue weighted by Crippen LogP contribution is -2.16. The molecule has 0 unspecified atom stereocenters. The third kappa shape index (κ3) is 4.24. The van der Waals surface area contributed by atoms with Crippen LogP contribution in [-0.4, -0.2) is 19.0 Å². The second-order valence-corrected chi connectivity index (χ2v) is 7.00. The van der Waals surface area contributed by atoms with Gasteiger partial charge in [0.2, 0.25) is 5.91 Å². The molecule has 0 aliphatic heterocycles. The normalized spacial score (nSPS) is 10.7. The summed E-state index contributed by atoms with van der Waals surface area (Å²) in [5.74, 6) is -0.721. The molecular weight excluding hydrogens is 385 g/mol. The number of carbonyl (C=O) groups is 2. The average molecular weight is 402 g/mol. The van der Waals surface area contributed by atoms with E-state index >= 15 is 0 Å². The second kappa shape index (κ2) is 7.99. The number of ether oxygens (including phenoxy) is 1. The fourth-order valence-electron chi connectivity index (χ4n) is 2.94. The fraction of sp³-hybridized carbons (Fsp3) is 0.143. The van der Waals surface area contributed by atoms with Gasteiger partial charge in [-0.3, -0.25) is 4.79 Å². The van der Waals surface area contributed by atoms with Gasteiger partial charge in [0.05, 0.1) is 29.8 Å². The summed E-state index contributed by atoms with van der Waals surface area (Å²) < 4.78 is 4.80. The van der Waals surface area contributed by atoms with E-state index in [1.165, 1.54) is 7.11 Å². The maximum Gasteiger partial charge on any atom is 0.337 e. The first-order valence-electron chi connectivity index (χ1n) is 8.24. The van der Waals surface area contributed by atoms with Crippen LogP contribution in [0, 0.1) is 6.92 Å². The van der Waals surface area contributed by atoms with Crippen LogP contribution in [0.25, 0.3) is 10.8 Å². The zero-order valence-corrected chi connectivity index (χ0v) is 16.3. The fourth-order valence-corrected chi connectivity index (χ4v) is 3.55. The van der Waals surface area contributed by atoms with Crippen molar-refractivity contribution in [1.29, 1.82) is 0 Å². The average Bonchev–Trinajstić information content (AvgIpc) is 2.62. The van der Waals surface area contributed by atoms with Crippen molar-refractivity contribution >= 4 is 51.5 Å². The van der Waals surface area contributed by atoms with Crippen LogP contribution >= 0.6 is 23.2 Å². The number of aryl methyl sites for hydroxylation is 1. The number of hydrogen-bond acceptors (Lipinski definition) is 3. The molecule has 0 fully saturated rings. The van der Waals surface area contributed by atoms with Crippen LogP contribution in [0.2, 0.25) is 10.0 Å². The van der Waals surface area contributed by atoms with Gasteiger partial charge < -0.3 is 10.1 Å². The number of esters is 1. The Bertz CT molecular complexity index is 1050. The summed E-state index contributed by atoms with van der Waals surface area (Å²) in [6.07, 6.45) is 0.210. The SMILES string of the molecule is COC(=O)c1cc(NC(=O)Cc2ccccc2C)c2c(Cl)cc(Cl)cc2c1. The van der Waals surface area contributed by atoms with Crippen LogP contribution in [0.4, 0.5) is 5.69 Å². The summed E-state index contributed by atoms with van der Waals surface area (Å²) in [7, 11) is 1.30. The van der Waals surface area contributed by atoms with E-state index in [0.29, 0.717) is 32.1 Å². The Hall–Kier alpha value is -2.56. The number of methoxy groups -OCH3 is 1. The van der Waals surface area contributed by atoms with Crippen molar-refractivity contribution in [2.75, 3.05) is 12.4 Å². The van der Waals surface area contributed by atoms with Gasteiger partial charge in [-0.15, -0.1) is 0 Å². The third-order valence-electron chi connectivity index (χ3n) is 4.27. The molecule has 0 bridgehead atoms. The molecule has 3 aromatic carbocycles. The van der Waals surface area contributed by atoms with Gasteiger partial charge in [-0.2, -0.15) is 0 Å². The van der Waals surface area contributed by atoms with Crippen molar-refractivity contribution < 1.29 is 14.3 Å². The molecule has 0 aromatic heterocycles. The molecule has 1 N–H and O–H groups in total. The number of hydrogen-bond donors (Lipinski definition) is 1. The van der Waals surface area contributed by atoms with Crippen LogP contribution < -0.4 is 5.32 Å². The second-order valence-electron chi connectivity index (χ2n) is 6.15. The van der Waals surface area contributed by atoms with E-state index in [1.807, 2.05) is 31.2 Å². The summed E-state index contributed by atoms with van der Waals surface area (Å²) in [4.78, 5) is 24.6. The number of benzene rings is 3. The number of halogens is 2. The number of rotatable bonds is 4. The molecule has 3 aromatic rings. The van der Waals surface area contributed by atoms with E-state index in [2.05, 4.69) is 5.32 Å². The van der Waals surface area contributed by atoms with Gasteiger partial charge in [-0.05, 0) is 47.7 Å². The van der Waals surface area contributed by atoms with Gasteiger partial charge in [0, 0.05) is 10.4 Å². The van der Waals surface area contributed by atoms with Crippen molar-refractivity contribution in [1.82, 2.24) is 0 Å². The maximum absolute atomic E-state index is 12.6. The molecule has 3 rings (SSSR count). The molecule has 138 valence electrons. The van der Waals surface area contributed by atoms with Gasteiger partial charge in [0.15, 0.2) is 0 Å². The quantitative estimate of drug-likeness (QED) is 0.593. The summed E-state index contributed by atoms with van der Waals surface area (Å²) in [6.45, 7) is 1.95. The Balaban J connectivity index is 2.02. The molecule has 1 amide bonds. The molecule has 0 radical (unpaired) electrons.